The molecule has 0 spiro atoms. The molecule has 1 aromatic heterocycles. The van der Waals surface area contributed by atoms with Gasteiger partial charge in [-0.1, -0.05) is 23.7 Å². The lowest BCUT2D eigenvalue weighted by Crippen LogP contribution is -2.39. The van der Waals surface area contributed by atoms with Gasteiger partial charge < -0.3 is 54.9 Å². The van der Waals surface area contributed by atoms with Crippen molar-refractivity contribution in [2.75, 3.05) is 118 Å². The van der Waals surface area contributed by atoms with Crippen LogP contribution in [0.4, 0.5) is 10.7 Å². The Morgan fingerprint density at radius 1 is 0.815 bits per heavy atom. The number of carbonyl (C=O) groups is 3. The Morgan fingerprint density at radius 3 is 2.02 bits per heavy atom. The average Bonchev–Trinajstić information content (AvgIpc) is 3.14. The number of anilines is 1. The standard InChI is InChI=1S/C35H50ClN9O9/c1-45(10-11-46)25-31(47)39-7-12-49-15-16-50-13-8-40-35(48)41-9-14-51-17-18-52-19-20-53-21-22-54-28-4-2-3-26(23-28)32-29-24-27(36)5-6-30(29)42-34(43-32)44-33(37)38/h2-6,11,23-24H,7-10,12-22,25H2,1H3,(H,39,47)(H2,40,41,48)(H4,37,38,42,43,44). The van der Waals surface area contributed by atoms with Crippen molar-refractivity contribution in [3.8, 4) is 17.0 Å². The zero-order chi connectivity index (χ0) is 38.8. The number of urea groups is 1. The first-order valence-corrected chi connectivity index (χ1v) is 17.7. The van der Waals surface area contributed by atoms with Gasteiger partial charge in [-0.15, -0.1) is 0 Å². The molecular weight excluding hydrogens is 726 g/mol. The van der Waals surface area contributed by atoms with E-state index in [0.29, 0.717) is 114 Å². The molecule has 54 heavy (non-hydrogen) atoms. The van der Waals surface area contributed by atoms with Crippen LogP contribution in [0.15, 0.2) is 42.5 Å². The lowest BCUT2D eigenvalue weighted by Gasteiger charge is -2.13. The first kappa shape index (κ1) is 43.7. The van der Waals surface area contributed by atoms with Gasteiger partial charge in [0.25, 0.3) is 0 Å². The molecule has 0 aliphatic carbocycles. The number of nitrogens with two attached hydrogens (primary N) is 1. The smallest absolute Gasteiger partial charge is 0.314 e. The van der Waals surface area contributed by atoms with Gasteiger partial charge in [0.15, 0.2) is 5.96 Å². The van der Waals surface area contributed by atoms with Gasteiger partial charge in [-0.2, -0.15) is 0 Å². The van der Waals surface area contributed by atoms with Gasteiger partial charge in [0, 0.05) is 35.6 Å². The third-order valence-electron chi connectivity index (χ3n) is 7.06. The molecule has 0 fully saturated rings. The van der Waals surface area contributed by atoms with Crippen LogP contribution in [0.25, 0.3) is 22.2 Å². The number of nitrogens with zero attached hydrogens (tertiary/aromatic N) is 3. The van der Waals surface area contributed by atoms with E-state index in [2.05, 4.69) is 31.2 Å². The van der Waals surface area contributed by atoms with Crippen LogP contribution in [0.5, 0.6) is 5.75 Å². The summed E-state index contributed by atoms with van der Waals surface area (Å²) in [4.78, 5) is 44.5. The summed E-state index contributed by atoms with van der Waals surface area (Å²) in [5.41, 5.74) is 7.53. The maximum absolute atomic E-state index is 11.9. The van der Waals surface area contributed by atoms with Crippen molar-refractivity contribution in [2.45, 2.75) is 0 Å². The maximum atomic E-state index is 11.9. The summed E-state index contributed by atoms with van der Waals surface area (Å²) in [6.45, 7) is 5.40. The summed E-state index contributed by atoms with van der Waals surface area (Å²) in [6, 6.07) is 12.4. The van der Waals surface area contributed by atoms with Crippen LogP contribution >= 0.6 is 11.6 Å². The van der Waals surface area contributed by atoms with E-state index in [1.54, 1.807) is 30.1 Å². The zero-order valence-corrected chi connectivity index (χ0v) is 31.2. The van der Waals surface area contributed by atoms with E-state index >= 15 is 0 Å². The van der Waals surface area contributed by atoms with Crippen LogP contribution < -0.4 is 31.7 Å². The number of ether oxygens (including phenoxy) is 6. The molecule has 0 saturated carbocycles. The first-order chi connectivity index (χ1) is 26.2. The summed E-state index contributed by atoms with van der Waals surface area (Å²) >= 11 is 6.25. The monoisotopic (exact) mass is 775 g/mol. The van der Waals surface area contributed by atoms with E-state index in [-0.39, 0.29) is 36.9 Å². The fourth-order valence-electron chi connectivity index (χ4n) is 4.60. The highest BCUT2D eigenvalue weighted by Crippen LogP contribution is 2.31. The Hall–Kier alpha value is -4.69. The second-order valence-electron chi connectivity index (χ2n) is 11.4. The summed E-state index contributed by atoms with van der Waals surface area (Å²) in [5, 5.41) is 19.6. The van der Waals surface area contributed by atoms with Crippen LogP contribution in [0.2, 0.25) is 5.02 Å². The number of aldehydes is 1. The summed E-state index contributed by atoms with van der Waals surface area (Å²) in [5.74, 6) is 0.390. The van der Waals surface area contributed by atoms with Gasteiger partial charge in [0.1, 0.15) is 18.6 Å². The lowest BCUT2D eigenvalue weighted by molar-refractivity contribution is -0.122. The Balaban J connectivity index is 1.13. The molecule has 3 amide bonds. The number of nitrogens with one attached hydrogen (secondary N) is 5. The molecule has 0 radical (unpaired) electrons. The minimum atomic E-state index is -0.319. The first-order valence-electron chi connectivity index (χ1n) is 17.4. The van der Waals surface area contributed by atoms with Crippen LogP contribution in [0.1, 0.15) is 0 Å². The number of rotatable bonds is 28. The van der Waals surface area contributed by atoms with Gasteiger partial charge >= 0.3 is 6.03 Å². The largest absolute Gasteiger partial charge is 0.491 e. The highest BCUT2D eigenvalue weighted by Gasteiger charge is 2.12. The quantitative estimate of drug-likeness (QED) is 0.0264. The van der Waals surface area contributed by atoms with E-state index in [0.717, 1.165) is 17.2 Å². The second kappa shape index (κ2) is 26.1. The summed E-state index contributed by atoms with van der Waals surface area (Å²) in [7, 11) is 1.69. The molecule has 0 saturated heterocycles. The van der Waals surface area contributed by atoms with Crippen molar-refractivity contribution in [3.63, 3.8) is 0 Å². The van der Waals surface area contributed by atoms with Crippen molar-refractivity contribution in [3.05, 3.63) is 47.5 Å². The maximum Gasteiger partial charge on any atom is 0.314 e. The number of aromatic nitrogens is 2. The molecule has 2 aromatic carbocycles. The van der Waals surface area contributed by atoms with E-state index < -0.39 is 0 Å². The van der Waals surface area contributed by atoms with E-state index in [9.17, 15) is 14.4 Å². The number of benzene rings is 2. The molecule has 1 heterocycles. The highest BCUT2D eigenvalue weighted by atomic mass is 35.5. The lowest BCUT2D eigenvalue weighted by atomic mass is 10.1. The molecule has 0 unspecified atom stereocenters. The SMILES string of the molecule is CN(CC=O)CC(=O)NCCOCCOCCNC(=O)NCCOCCOCCOCCOc1cccc(-c2nc(NC(=N)N)nc3ccc(Cl)cc23)c1. The minimum absolute atomic E-state index is 0.148. The Labute approximate surface area is 319 Å². The number of carbonyl (C=O) groups excluding carboxylic acids is 3. The minimum Gasteiger partial charge on any atom is -0.491 e. The highest BCUT2D eigenvalue weighted by molar-refractivity contribution is 6.31. The average molecular weight is 776 g/mol. The number of guanidine groups is 1. The molecule has 18 nitrogen and oxygen atoms in total. The number of hydrogen-bond donors (Lipinski definition) is 6. The molecule has 19 heteroatoms. The van der Waals surface area contributed by atoms with Crippen LogP contribution in [0.3, 0.4) is 0 Å². The van der Waals surface area contributed by atoms with Crippen molar-refractivity contribution in [2.24, 2.45) is 5.73 Å². The Kier molecular flexibility index (Phi) is 21.2. The van der Waals surface area contributed by atoms with Gasteiger partial charge in [0.2, 0.25) is 11.9 Å². The number of halogens is 1. The predicted octanol–water partition coefficient (Wildman–Crippen LogP) is 1.26. The molecule has 3 rings (SSSR count). The summed E-state index contributed by atoms with van der Waals surface area (Å²) < 4.78 is 33.3. The van der Waals surface area contributed by atoms with Gasteiger partial charge in [-0.05, 0) is 37.4 Å². The van der Waals surface area contributed by atoms with Crippen molar-refractivity contribution < 1.29 is 42.8 Å². The number of likely N-dealkylation sites (N-methyl/N-ethyl adjacent to an activating group) is 1. The molecule has 0 aliphatic heterocycles. The summed E-state index contributed by atoms with van der Waals surface area (Å²) in [6.07, 6.45) is 0.743. The number of hydrogen-bond acceptors (Lipinski definition) is 13. The molecular formula is C35H50ClN9O9. The zero-order valence-electron chi connectivity index (χ0n) is 30.4. The van der Waals surface area contributed by atoms with Crippen LogP contribution in [-0.4, -0.2) is 151 Å². The van der Waals surface area contributed by atoms with Gasteiger partial charge in [-0.3, -0.25) is 20.4 Å². The molecule has 0 aliphatic rings. The van der Waals surface area contributed by atoms with Crippen molar-refractivity contribution in [1.29, 1.82) is 5.41 Å². The molecule has 296 valence electrons. The van der Waals surface area contributed by atoms with Crippen LogP contribution in [0, 0.1) is 5.41 Å². The Morgan fingerprint density at radius 2 is 1.41 bits per heavy atom. The number of amides is 3. The number of fused-ring (bicyclic) bond motifs is 1. The molecule has 3 aromatic rings. The van der Waals surface area contributed by atoms with Gasteiger partial charge in [-0.25, -0.2) is 14.8 Å². The molecule has 0 bridgehead atoms. The van der Waals surface area contributed by atoms with Crippen molar-refractivity contribution in [1.82, 2.24) is 30.8 Å². The van der Waals surface area contributed by atoms with Crippen LogP contribution in [-0.2, 0) is 33.3 Å². The molecule has 0 atom stereocenters. The fraction of sp³-hybridized carbons (Fsp3) is 0.486. The van der Waals surface area contributed by atoms with Gasteiger partial charge in [0.05, 0.1) is 90.4 Å². The third kappa shape index (κ3) is 18.4. The third-order valence-corrected chi connectivity index (χ3v) is 7.29. The molecule has 7 N–H and O–H groups in total. The Bertz CT molecular complexity index is 1610. The fourth-order valence-corrected chi connectivity index (χ4v) is 4.78. The van der Waals surface area contributed by atoms with E-state index in [1.807, 2.05) is 24.3 Å². The van der Waals surface area contributed by atoms with Crippen molar-refractivity contribution >= 4 is 52.6 Å². The van der Waals surface area contributed by atoms with E-state index in [4.69, 9.17) is 51.2 Å². The predicted molar refractivity (Wildman–Crippen MR) is 203 cm³/mol. The topological polar surface area (TPSA) is 234 Å². The second-order valence-corrected chi connectivity index (χ2v) is 11.9. The normalized spacial score (nSPS) is 11.0. The van der Waals surface area contributed by atoms with E-state index in [1.165, 1.54) is 0 Å².